The van der Waals surface area contributed by atoms with E-state index >= 15 is 0 Å². The van der Waals surface area contributed by atoms with E-state index in [9.17, 15) is 27.2 Å². The van der Waals surface area contributed by atoms with Crippen LogP contribution < -0.4 is 0 Å². The van der Waals surface area contributed by atoms with Crippen LogP contribution in [0.25, 0.3) is 0 Å². The van der Waals surface area contributed by atoms with Crippen LogP contribution >= 0.6 is 11.8 Å². The summed E-state index contributed by atoms with van der Waals surface area (Å²) < 4.78 is 52.7. The average Bonchev–Trinajstić information content (AvgIpc) is 2.78. The lowest BCUT2D eigenvalue weighted by atomic mass is 10.1. The van der Waals surface area contributed by atoms with Crippen molar-refractivity contribution in [3.63, 3.8) is 0 Å². The van der Waals surface area contributed by atoms with Crippen molar-refractivity contribution in [2.75, 3.05) is 12.3 Å². The number of nitrogens with zero attached hydrogens (tertiary/aromatic N) is 1. The van der Waals surface area contributed by atoms with Gasteiger partial charge in [-0.3, -0.25) is 9.59 Å². The molecule has 0 aliphatic carbocycles. The molecule has 0 aromatic heterocycles. The highest BCUT2D eigenvalue weighted by atomic mass is 32.2. The molecule has 1 saturated heterocycles. The van der Waals surface area contributed by atoms with Gasteiger partial charge in [0.1, 0.15) is 5.82 Å². The molecule has 1 unspecified atom stereocenters. The summed E-state index contributed by atoms with van der Waals surface area (Å²) in [6.45, 7) is 1.22. The van der Waals surface area contributed by atoms with E-state index in [2.05, 4.69) is 0 Å². The van der Waals surface area contributed by atoms with Crippen LogP contribution in [0.2, 0.25) is 0 Å². The number of rotatable bonds is 4. The van der Waals surface area contributed by atoms with Crippen molar-refractivity contribution in [3.8, 4) is 0 Å². The number of alkyl halides is 3. The minimum atomic E-state index is -4.68. The van der Waals surface area contributed by atoms with Gasteiger partial charge >= 0.3 is 6.18 Å². The third-order valence-electron chi connectivity index (χ3n) is 3.59. The number of benzene rings is 1. The van der Waals surface area contributed by atoms with E-state index in [-0.39, 0.29) is 29.9 Å². The normalized spacial score (nSPS) is 18.6. The lowest BCUT2D eigenvalue weighted by molar-refractivity contribution is -0.139. The number of thioether (sulfide) groups is 1. The third kappa shape index (κ3) is 4.46. The highest BCUT2D eigenvalue weighted by molar-refractivity contribution is 8.13. The molecule has 1 aliphatic heterocycles. The second-order valence-corrected chi connectivity index (χ2v) is 6.61. The molecule has 2 rings (SSSR count). The molecule has 0 bridgehead atoms. The molecule has 1 amide bonds. The van der Waals surface area contributed by atoms with E-state index in [1.807, 2.05) is 0 Å². The molecule has 1 atom stereocenters. The maximum absolute atomic E-state index is 13.8. The highest BCUT2D eigenvalue weighted by Crippen LogP contribution is 2.34. The Morgan fingerprint density at radius 2 is 2.09 bits per heavy atom. The maximum Gasteiger partial charge on any atom is 0.416 e. The van der Waals surface area contributed by atoms with Crippen molar-refractivity contribution < 1.29 is 27.2 Å². The Hall–Kier alpha value is -1.57. The van der Waals surface area contributed by atoms with Crippen molar-refractivity contribution in [2.45, 2.75) is 26.1 Å². The van der Waals surface area contributed by atoms with E-state index in [1.54, 1.807) is 0 Å². The lowest BCUT2D eigenvalue weighted by Gasteiger charge is -2.20. The number of halogens is 4. The summed E-state index contributed by atoms with van der Waals surface area (Å²) in [5, 5.41) is -0.0793. The first-order chi connectivity index (χ1) is 10.7. The quantitative estimate of drug-likeness (QED) is 0.781. The predicted octanol–water partition coefficient (Wildman–Crippen LogP) is 3.47. The molecule has 23 heavy (non-hydrogen) atoms. The van der Waals surface area contributed by atoms with Crippen molar-refractivity contribution >= 4 is 22.8 Å². The summed E-state index contributed by atoms with van der Waals surface area (Å²) in [5.41, 5.74) is -1.58. The molecule has 1 fully saturated rings. The standard InChI is InChI=1S/C15H15F4NO2S/c1-9(21)23-8-10-5-14(22)20(6-10)7-11-12(15(17,18)19)3-2-4-13(11)16/h2-4,10H,5-8H2,1H3. The Bertz CT molecular complexity index is 618. The van der Waals surface area contributed by atoms with E-state index in [0.29, 0.717) is 5.75 Å². The summed E-state index contributed by atoms with van der Waals surface area (Å²) in [6.07, 6.45) is -4.51. The molecular formula is C15H15F4NO2S. The summed E-state index contributed by atoms with van der Waals surface area (Å²) in [4.78, 5) is 24.1. The Kier molecular flexibility index (Phi) is 5.33. The fourth-order valence-electron chi connectivity index (χ4n) is 2.53. The van der Waals surface area contributed by atoms with E-state index in [1.165, 1.54) is 11.8 Å². The van der Waals surface area contributed by atoms with Crippen molar-refractivity contribution in [1.82, 2.24) is 4.90 Å². The smallest absolute Gasteiger partial charge is 0.338 e. The molecule has 1 aromatic rings. The molecule has 0 spiro atoms. The van der Waals surface area contributed by atoms with Crippen LogP contribution in [0.3, 0.4) is 0 Å². The lowest BCUT2D eigenvalue weighted by Crippen LogP contribution is -2.27. The Morgan fingerprint density at radius 3 is 2.70 bits per heavy atom. The maximum atomic E-state index is 13.8. The van der Waals surface area contributed by atoms with Gasteiger partial charge in [-0.1, -0.05) is 17.8 Å². The molecule has 1 aromatic carbocycles. The van der Waals surface area contributed by atoms with Crippen LogP contribution in [0.1, 0.15) is 24.5 Å². The Morgan fingerprint density at radius 1 is 1.39 bits per heavy atom. The van der Waals surface area contributed by atoms with Gasteiger partial charge in [-0.25, -0.2) is 4.39 Å². The van der Waals surface area contributed by atoms with Crippen LogP contribution in [0.15, 0.2) is 18.2 Å². The number of hydrogen-bond acceptors (Lipinski definition) is 3. The second-order valence-electron chi connectivity index (χ2n) is 5.41. The van der Waals surface area contributed by atoms with Crippen LogP contribution in [-0.4, -0.2) is 28.2 Å². The molecule has 8 heteroatoms. The Balaban J connectivity index is 2.14. The van der Waals surface area contributed by atoms with Gasteiger partial charge in [-0.15, -0.1) is 0 Å². The third-order valence-corrected chi connectivity index (χ3v) is 4.63. The largest absolute Gasteiger partial charge is 0.416 e. The topological polar surface area (TPSA) is 37.4 Å². The first-order valence-electron chi connectivity index (χ1n) is 6.94. The fourth-order valence-corrected chi connectivity index (χ4v) is 3.22. The average molecular weight is 349 g/mol. The minimum absolute atomic E-state index is 0.0793. The monoisotopic (exact) mass is 349 g/mol. The van der Waals surface area contributed by atoms with Crippen LogP contribution in [-0.2, 0) is 22.3 Å². The van der Waals surface area contributed by atoms with Gasteiger partial charge in [0, 0.05) is 37.8 Å². The van der Waals surface area contributed by atoms with Crippen LogP contribution in [0.5, 0.6) is 0 Å². The molecular weight excluding hydrogens is 334 g/mol. The van der Waals surface area contributed by atoms with Gasteiger partial charge in [0.2, 0.25) is 5.91 Å². The van der Waals surface area contributed by atoms with E-state index in [4.69, 9.17) is 0 Å². The summed E-state index contributed by atoms with van der Waals surface area (Å²) in [6, 6.07) is 2.76. The second kappa shape index (κ2) is 6.90. The van der Waals surface area contributed by atoms with Gasteiger partial charge < -0.3 is 4.90 Å². The SMILES string of the molecule is CC(=O)SCC1CC(=O)N(Cc2c(F)cccc2C(F)(F)F)C1. The van der Waals surface area contributed by atoms with Gasteiger partial charge in [-0.05, 0) is 18.1 Å². The molecule has 1 heterocycles. The number of amides is 1. The minimum Gasteiger partial charge on any atom is -0.338 e. The molecule has 126 valence electrons. The first kappa shape index (κ1) is 17.8. The number of carbonyl (C=O) groups excluding carboxylic acids is 2. The Labute approximate surface area is 135 Å². The van der Waals surface area contributed by atoms with Gasteiger partial charge in [0.05, 0.1) is 5.56 Å². The van der Waals surface area contributed by atoms with Gasteiger partial charge in [0.15, 0.2) is 5.12 Å². The zero-order chi connectivity index (χ0) is 17.2. The molecule has 0 saturated carbocycles. The molecule has 0 N–H and O–H groups in total. The first-order valence-corrected chi connectivity index (χ1v) is 7.92. The molecule has 1 aliphatic rings. The van der Waals surface area contributed by atoms with Gasteiger partial charge in [0.25, 0.3) is 0 Å². The summed E-state index contributed by atoms with van der Waals surface area (Å²) in [5.74, 6) is -0.983. The fraction of sp³-hybridized carbons (Fsp3) is 0.467. The van der Waals surface area contributed by atoms with Crippen molar-refractivity contribution in [1.29, 1.82) is 0 Å². The van der Waals surface area contributed by atoms with E-state index < -0.39 is 29.7 Å². The number of likely N-dealkylation sites (tertiary alicyclic amines) is 1. The summed E-state index contributed by atoms with van der Waals surface area (Å²) >= 11 is 1.08. The highest BCUT2D eigenvalue weighted by Gasteiger charge is 2.37. The predicted molar refractivity (Wildman–Crippen MR) is 78.1 cm³/mol. The summed E-state index contributed by atoms with van der Waals surface area (Å²) in [7, 11) is 0. The van der Waals surface area contributed by atoms with Crippen molar-refractivity contribution in [2.24, 2.45) is 5.92 Å². The zero-order valence-corrected chi connectivity index (χ0v) is 13.1. The number of carbonyl (C=O) groups is 2. The molecule has 0 radical (unpaired) electrons. The van der Waals surface area contributed by atoms with E-state index in [0.717, 1.165) is 30.0 Å². The van der Waals surface area contributed by atoms with Gasteiger partial charge in [-0.2, -0.15) is 13.2 Å². The van der Waals surface area contributed by atoms with Crippen LogP contribution in [0, 0.1) is 11.7 Å². The zero-order valence-electron chi connectivity index (χ0n) is 12.3. The number of hydrogen-bond donors (Lipinski definition) is 0. The van der Waals surface area contributed by atoms with Crippen LogP contribution in [0.4, 0.5) is 17.6 Å². The van der Waals surface area contributed by atoms with Crippen molar-refractivity contribution in [3.05, 3.63) is 35.1 Å². The molecule has 3 nitrogen and oxygen atoms in total.